The van der Waals surface area contributed by atoms with E-state index >= 15 is 35.1 Å². The molecule has 10 aromatic carbocycles. The summed E-state index contributed by atoms with van der Waals surface area (Å²) in [6.07, 6.45) is -7.22. The standard InChI is InChI=1S/C36H27S4.C24BF20/c1-4-10-28(11-5-1)37-31-16-22-34(23-17-31)40(35-24-18-32(19-25-35)38-29-12-6-2-7-13-29)36-26-20-33(21-27-36)39-30-14-8-3-9-15-30;26-5-1(6(27)14(35)21(42)13(5)34)25(2-7(28)15(36)22(43)16(37)8(2)29,3-9(30)17(38)23(44)18(39)10(3)31)4-11(32)19(40)24(45)20(41)12(4)33/h1-27H;/q+1;-1. The maximum atomic E-state index is 15.4. The van der Waals surface area contributed by atoms with Gasteiger partial charge < -0.3 is 0 Å². The maximum Gasteiger partial charge on any atom is 0.200 e. The molecule has 0 amide bonds. The second-order valence-corrected chi connectivity index (χ2v) is 23.2. The van der Waals surface area contributed by atoms with Gasteiger partial charge >= 0.3 is 0 Å². The average Bonchev–Trinajstić information content (AvgIpc) is 0.724. The second kappa shape index (κ2) is 25.5. The third-order valence-corrected chi connectivity index (χ3v) is 18.1. The zero-order chi connectivity index (χ0) is 61.3. The molecule has 0 saturated heterocycles. The van der Waals surface area contributed by atoms with Gasteiger partial charge in [0.15, 0.2) is 84.5 Å². The van der Waals surface area contributed by atoms with Gasteiger partial charge in [-0.15, -0.1) is 21.9 Å². The van der Waals surface area contributed by atoms with Crippen LogP contribution in [-0.4, -0.2) is 6.15 Å². The van der Waals surface area contributed by atoms with Gasteiger partial charge in [0.05, 0.1) is 10.9 Å². The predicted molar refractivity (Wildman–Crippen MR) is 282 cm³/mol. The fraction of sp³-hybridized carbons (Fsp3) is 0. The molecule has 434 valence electrons. The molecule has 0 saturated carbocycles. The average molecular weight is 1270 g/mol. The van der Waals surface area contributed by atoms with Crippen molar-refractivity contribution < 1.29 is 87.8 Å². The summed E-state index contributed by atoms with van der Waals surface area (Å²) in [6.45, 7) is 0. The molecule has 0 spiro atoms. The van der Waals surface area contributed by atoms with Gasteiger partial charge in [-0.2, -0.15) is 0 Å². The van der Waals surface area contributed by atoms with Crippen LogP contribution in [0.5, 0.6) is 0 Å². The number of halogens is 20. The van der Waals surface area contributed by atoms with Gasteiger partial charge in [0.2, 0.25) is 0 Å². The van der Waals surface area contributed by atoms with E-state index in [9.17, 15) is 52.7 Å². The van der Waals surface area contributed by atoms with E-state index in [1.165, 1.54) is 44.1 Å². The largest absolute Gasteiger partial charge is 0.207 e. The molecule has 0 nitrogen and oxygen atoms in total. The molecule has 85 heavy (non-hydrogen) atoms. The van der Waals surface area contributed by atoms with Crippen LogP contribution in [0.15, 0.2) is 208 Å². The van der Waals surface area contributed by atoms with Crippen LogP contribution in [0.2, 0.25) is 0 Å². The number of hydrogen-bond acceptors (Lipinski definition) is 3. The van der Waals surface area contributed by atoms with Crippen LogP contribution >= 0.6 is 35.3 Å². The first kappa shape index (κ1) is 61.8. The van der Waals surface area contributed by atoms with Crippen LogP contribution < -0.4 is 21.9 Å². The molecular formula is C60H27BF20S4. The maximum absolute atomic E-state index is 15.4. The Morgan fingerprint density at radius 2 is 0.341 bits per heavy atom. The molecule has 0 N–H and O–H groups in total. The Labute approximate surface area is 483 Å². The lowest BCUT2D eigenvalue weighted by Gasteiger charge is -2.44. The monoisotopic (exact) mass is 1270 g/mol. The highest BCUT2D eigenvalue weighted by Crippen LogP contribution is 2.38. The molecule has 0 bridgehead atoms. The van der Waals surface area contributed by atoms with Gasteiger partial charge in [-0.05, 0) is 109 Å². The van der Waals surface area contributed by atoms with Gasteiger partial charge in [0, 0.05) is 29.4 Å². The fourth-order valence-corrected chi connectivity index (χ4v) is 13.6. The molecule has 0 aliphatic carbocycles. The molecule has 25 heteroatoms. The van der Waals surface area contributed by atoms with Crippen molar-refractivity contribution in [2.75, 3.05) is 0 Å². The first-order chi connectivity index (χ1) is 40.5. The molecule has 0 atom stereocenters. The molecule has 0 aliphatic rings. The van der Waals surface area contributed by atoms with Crippen molar-refractivity contribution in [1.29, 1.82) is 0 Å². The summed E-state index contributed by atoms with van der Waals surface area (Å²) in [4.78, 5) is 11.5. The van der Waals surface area contributed by atoms with E-state index in [0.29, 0.717) is 0 Å². The van der Waals surface area contributed by atoms with Gasteiger partial charge in [-0.1, -0.05) is 89.9 Å². The van der Waals surface area contributed by atoms with Crippen molar-refractivity contribution in [2.24, 2.45) is 0 Å². The fourth-order valence-electron chi connectivity index (χ4n) is 9.09. The topological polar surface area (TPSA) is 0 Å². The lowest BCUT2D eigenvalue weighted by Crippen LogP contribution is -2.81. The van der Waals surface area contributed by atoms with Crippen molar-refractivity contribution in [2.45, 2.75) is 44.1 Å². The SMILES string of the molecule is Fc1c(F)c(F)c([B-](c2c(F)c(F)c(F)c(F)c2F)(c2c(F)c(F)c(F)c(F)c2F)c2c(F)c(F)c(F)c(F)c2F)c(F)c1F.c1ccc(Sc2ccc([S+](c3ccc(Sc4ccccc4)cc3)c3ccc(Sc4ccccc4)cc3)cc2)cc1. The summed E-state index contributed by atoms with van der Waals surface area (Å²) in [5.74, 6) is -71.4. The molecule has 0 aliphatic heterocycles. The number of rotatable bonds is 13. The minimum absolute atomic E-state index is 0.207. The minimum atomic E-state index is -7.22. The van der Waals surface area contributed by atoms with Crippen LogP contribution in [0.4, 0.5) is 87.8 Å². The number of hydrogen-bond donors (Lipinski definition) is 0. The Balaban J connectivity index is 0.000000205. The summed E-state index contributed by atoms with van der Waals surface area (Å²) in [6, 6.07) is 59.0. The molecule has 0 radical (unpaired) electrons. The van der Waals surface area contributed by atoms with Crippen LogP contribution in [0, 0.1) is 116 Å². The zero-order valence-electron chi connectivity index (χ0n) is 41.9. The van der Waals surface area contributed by atoms with Crippen molar-refractivity contribution in [1.82, 2.24) is 0 Å². The Morgan fingerprint density at radius 3 is 0.518 bits per heavy atom. The van der Waals surface area contributed by atoms with E-state index in [-0.39, 0.29) is 10.9 Å². The van der Waals surface area contributed by atoms with Gasteiger partial charge in [-0.25, -0.2) is 87.8 Å². The summed E-state index contributed by atoms with van der Waals surface area (Å²) < 4.78 is 294. The van der Waals surface area contributed by atoms with E-state index in [1.807, 2.05) is 0 Å². The first-order valence-electron chi connectivity index (χ1n) is 24.0. The normalized spacial score (nSPS) is 11.5. The third kappa shape index (κ3) is 11.6. The van der Waals surface area contributed by atoms with E-state index in [1.54, 1.807) is 35.3 Å². The molecule has 0 heterocycles. The minimum Gasteiger partial charge on any atom is -0.207 e. The van der Waals surface area contributed by atoms with Gasteiger partial charge in [-0.3, -0.25) is 0 Å². The highest BCUT2D eigenvalue weighted by atomic mass is 32.2. The van der Waals surface area contributed by atoms with Crippen LogP contribution in [0.1, 0.15) is 0 Å². The third-order valence-electron chi connectivity index (χ3n) is 12.8. The second-order valence-electron chi connectivity index (χ2n) is 17.8. The molecular weight excluding hydrogens is 1240 g/mol. The Hall–Kier alpha value is -7.74. The summed E-state index contributed by atoms with van der Waals surface area (Å²) >= 11 is 5.41. The van der Waals surface area contributed by atoms with Crippen LogP contribution in [0.25, 0.3) is 0 Å². The van der Waals surface area contributed by atoms with Crippen molar-refractivity contribution >= 4 is 74.2 Å². The Bertz CT molecular complexity index is 3550. The predicted octanol–water partition coefficient (Wildman–Crippen LogP) is 17.1. The van der Waals surface area contributed by atoms with Crippen molar-refractivity contribution in [3.8, 4) is 0 Å². The highest BCUT2D eigenvalue weighted by Gasteiger charge is 2.52. The van der Waals surface area contributed by atoms with E-state index in [0.717, 1.165) is 0 Å². The first-order valence-corrected chi connectivity index (χ1v) is 27.6. The summed E-state index contributed by atoms with van der Waals surface area (Å²) in [5.41, 5.74) is -14.3. The zero-order valence-corrected chi connectivity index (χ0v) is 45.1. The van der Waals surface area contributed by atoms with Gasteiger partial charge in [0.25, 0.3) is 0 Å². The molecule has 10 rings (SSSR count). The number of benzene rings is 10. The van der Waals surface area contributed by atoms with Crippen LogP contribution in [0.3, 0.4) is 0 Å². The Morgan fingerprint density at radius 1 is 0.188 bits per heavy atom. The van der Waals surface area contributed by atoms with Crippen molar-refractivity contribution in [3.05, 3.63) is 280 Å². The summed E-state index contributed by atoms with van der Waals surface area (Å²) in [7, 11) is -0.207. The molecule has 0 fully saturated rings. The molecule has 0 unspecified atom stereocenters. The van der Waals surface area contributed by atoms with Crippen molar-refractivity contribution in [3.63, 3.8) is 0 Å². The van der Waals surface area contributed by atoms with Crippen LogP contribution in [-0.2, 0) is 10.9 Å². The summed E-state index contributed by atoms with van der Waals surface area (Å²) in [5, 5.41) is 0. The van der Waals surface area contributed by atoms with E-state index in [4.69, 9.17) is 0 Å². The molecule has 10 aromatic rings. The highest BCUT2D eigenvalue weighted by molar-refractivity contribution is 8.00. The molecule has 0 aromatic heterocycles. The lowest BCUT2D eigenvalue weighted by molar-refractivity contribution is 0.378. The lowest BCUT2D eigenvalue weighted by atomic mass is 9.12. The van der Waals surface area contributed by atoms with Gasteiger partial charge in [0.1, 0.15) is 52.7 Å². The van der Waals surface area contributed by atoms with E-state index in [2.05, 4.69) is 164 Å². The Kier molecular flexibility index (Phi) is 18.5. The van der Waals surface area contributed by atoms with E-state index < -0.39 is 144 Å². The quantitative estimate of drug-likeness (QED) is 0.0371. The smallest absolute Gasteiger partial charge is 0.200 e.